The first-order valence-corrected chi connectivity index (χ1v) is 8.77. The van der Waals surface area contributed by atoms with Gasteiger partial charge in [0.25, 0.3) is 5.91 Å². The maximum absolute atomic E-state index is 12.7. The predicted octanol–water partition coefficient (Wildman–Crippen LogP) is 3.61. The van der Waals surface area contributed by atoms with Crippen LogP contribution in [0.1, 0.15) is 28.4 Å². The average Bonchev–Trinajstić information content (AvgIpc) is 2.74. The third-order valence-electron chi connectivity index (χ3n) is 4.38. The summed E-state index contributed by atoms with van der Waals surface area (Å²) in [6, 6.07) is 18.5. The Bertz CT molecular complexity index is 880. The number of aliphatic hydroxyl groups excluding tert-OH is 1. The van der Waals surface area contributed by atoms with Crippen molar-refractivity contribution >= 4 is 5.91 Å². The summed E-state index contributed by atoms with van der Waals surface area (Å²) in [7, 11) is 1.60. The van der Waals surface area contributed by atoms with Gasteiger partial charge in [-0.3, -0.25) is 9.78 Å². The predicted molar refractivity (Wildman–Crippen MR) is 105 cm³/mol. The van der Waals surface area contributed by atoms with E-state index < -0.39 is 0 Å². The summed E-state index contributed by atoms with van der Waals surface area (Å²) in [6.07, 6.45) is 3.90. The van der Waals surface area contributed by atoms with Gasteiger partial charge in [-0.25, -0.2) is 0 Å². The monoisotopic (exact) mass is 362 g/mol. The van der Waals surface area contributed by atoms with Crippen LogP contribution < -0.4 is 10.1 Å². The average molecular weight is 362 g/mol. The molecule has 1 aromatic heterocycles. The van der Waals surface area contributed by atoms with Gasteiger partial charge in [-0.15, -0.1) is 0 Å². The van der Waals surface area contributed by atoms with Gasteiger partial charge in [0.05, 0.1) is 13.2 Å². The van der Waals surface area contributed by atoms with E-state index in [1.807, 2.05) is 48.5 Å². The first kappa shape index (κ1) is 18.6. The number of nitrogens with zero attached hydrogens (tertiary/aromatic N) is 1. The van der Waals surface area contributed by atoms with E-state index in [-0.39, 0.29) is 18.6 Å². The van der Waals surface area contributed by atoms with Gasteiger partial charge >= 0.3 is 0 Å². The van der Waals surface area contributed by atoms with E-state index in [2.05, 4.69) is 10.3 Å². The SMILES string of the molecule is COc1cccc([C@@H](CCO)NC(=O)c2ccc(-c3ccncc3)cc2)c1. The van der Waals surface area contributed by atoms with E-state index in [0.29, 0.717) is 17.7 Å². The van der Waals surface area contributed by atoms with E-state index in [0.717, 1.165) is 16.7 Å². The first-order chi connectivity index (χ1) is 13.2. The zero-order valence-electron chi connectivity index (χ0n) is 15.1. The van der Waals surface area contributed by atoms with Crippen molar-refractivity contribution in [3.63, 3.8) is 0 Å². The molecule has 3 aromatic rings. The largest absolute Gasteiger partial charge is 0.497 e. The van der Waals surface area contributed by atoms with Crippen LogP contribution >= 0.6 is 0 Å². The van der Waals surface area contributed by atoms with Crippen LogP contribution in [0.25, 0.3) is 11.1 Å². The molecule has 0 unspecified atom stereocenters. The van der Waals surface area contributed by atoms with Crippen molar-refractivity contribution in [2.24, 2.45) is 0 Å². The molecule has 1 amide bonds. The number of pyridine rings is 1. The van der Waals surface area contributed by atoms with Crippen LogP contribution in [0.4, 0.5) is 0 Å². The fraction of sp³-hybridized carbons (Fsp3) is 0.182. The third kappa shape index (κ3) is 4.71. The highest BCUT2D eigenvalue weighted by Gasteiger charge is 2.16. The molecule has 0 saturated heterocycles. The zero-order valence-corrected chi connectivity index (χ0v) is 15.1. The minimum Gasteiger partial charge on any atom is -0.497 e. The molecule has 2 aromatic carbocycles. The molecule has 1 heterocycles. The zero-order chi connectivity index (χ0) is 19.1. The topological polar surface area (TPSA) is 71.5 Å². The van der Waals surface area contributed by atoms with Crippen LogP contribution in [0.3, 0.4) is 0 Å². The second kappa shape index (κ2) is 8.96. The van der Waals surface area contributed by atoms with Gasteiger partial charge in [-0.05, 0) is 59.5 Å². The maximum Gasteiger partial charge on any atom is 0.251 e. The Morgan fingerprint density at radius 2 is 1.78 bits per heavy atom. The molecule has 5 heteroatoms. The number of hydrogen-bond donors (Lipinski definition) is 2. The van der Waals surface area contributed by atoms with Crippen LogP contribution in [0.5, 0.6) is 5.75 Å². The molecule has 0 bridgehead atoms. The Hall–Kier alpha value is -3.18. The van der Waals surface area contributed by atoms with E-state index in [1.165, 1.54) is 0 Å². The standard InChI is InChI=1S/C22H22N2O3/c1-27-20-4-2-3-19(15-20)21(11-14-25)24-22(26)18-7-5-16(6-8-18)17-9-12-23-13-10-17/h2-10,12-13,15,21,25H,11,14H2,1H3,(H,24,26)/t21-/m1/s1. The fourth-order valence-electron chi connectivity index (χ4n) is 2.91. The van der Waals surface area contributed by atoms with Crippen LogP contribution in [0, 0.1) is 0 Å². The number of carbonyl (C=O) groups excluding carboxylic acids is 1. The number of carbonyl (C=O) groups is 1. The minimum atomic E-state index is -0.294. The molecule has 138 valence electrons. The minimum absolute atomic E-state index is 0.0247. The third-order valence-corrected chi connectivity index (χ3v) is 4.38. The molecule has 0 spiro atoms. The Labute approximate surface area is 158 Å². The van der Waals surface area contributed by atoms with Crippen molar-refractivity contribution in [1.29, 1.82) is 0 Å². The second-order valence-electron chi connectivity index (χ2n) is 6.13. The van der Waals surface area contributed by atoms with Gasteiger partial charge in [-0.1, -0.05) is 24.3 Å². The molecule has 0 saturated carbocycles. The Morgan fingerprint density at radius 1 is 1.07 bits per heavy atom. The van der Waals surface area contributed by atoms with Crippen LogP contribution in [-0.4, -0.2) is 29.7 Å². The molecule has 5 nitrogen and oxygen atoms in total. The van der Waals surface area contributed by atoms with Crippen LogP contribution in [0.2, 0.25) is 0 Å². The van der Waals surface area contributed by atoms with E-state index in [1.54, 1.807) is 31.6 Å². The van der Waals surface area contributed by atoms with Crippen LogP contribution in [-0.2, 0) is 0 Å². The molecular formula is C22H22N2O3. The second-order valence-corrected chi connectivity index (χ2v) is 6.13. The summed E-state index contributed by atoms with van der Waals surface area (Å²) >= 11 is 0. The number of amides is 1. The molecule has 0 aliphatic carbocycles. The summed E-state index contributed by atoms with van der Waals surface area (Å²) in [5.41, 5.74) is 3.53. The van der Waals surface area contributed by atoms with Gasteiger partial charge < -0.3 is 15.2 Å². The van der Waals surface area contributed by atoms with Gasteiger partial charge in [0.2, 0.25) is 0 Å². The summed E-state index contributed by atoms with van der Waals surface area (Å²) in [5, 5.41) is 12.4. The lowest BCUT2D eigenvalue weighted by atomic mass is 10.0. The maximum atomic E-state index is 12.7. The van der Waals surface area contributed by atoms with Gasteiger partial charge in [0.1, 0.15) is 5.75 Å². The summed E-state index contributed by atoms with van der Waals surface area (Å²) in [5.74, 6) is 0.531. The Balaban J connectivity index is 1.75. The number of nitrogens with one attached hydrogen (secondary N) is 1. The molecule has 0 radical (unpaired) electrons. The van der Waals surface area contributed by atoms with Crippen molar-refractivity contribution in [2.75, 3.05) is 13.7 Å². The Morgan fingerprint density at radius 3 is 2.44 bits per heavy atom. The van der Waals surface area contributed by atoms with Gasteiger partial charge in [0, 0.05) is 24.6 Å². The summed E-state index contributed by atoms with van der Waals surface area (Å²) in [4.78, 5) is 16.7. The molecule has 3 rings (SSSR count). The number of ether oxygens (including phenoxy) is 1. The highest BCUT2D eigenvalue weighted by atomic mass is 16.5. The molecule has 0 fully saturated rings. The van der Waals surface area contributed by atoms with Gasteiger partial charge in [0.15, 0.2) is 0 Å². The fourth-order valence-corrected chi connectivity index (χ4v) is 2.91. The number of methoxy groups -OCH3 is 1. The number of aromatic nitrogens is 1. The van der Waals surface area contributed by atoms with Crippen molar-refractivity contribution in [3.8, 4) is 16.9 Å². The Kier molecular flexibility index (Phi) is 6.18. The highest BCUT2D eigenvalue weighted by Crippen LogP contribution is 2.23. The number of hydrogen-bond acceptors (Lipinski definition) is 4. The van der Waals surface area contributed by atoms with Crippen molar-refractivity contribution in [1.82, 2.24) is 10.3 Å². The van der Waals surface area contributed by atoms with E-state index in [4.69, 9.17) is 4.74 Å². The van der Waals surface area contributed by atoms with Crippen molar-refractivity contribution in [3.05, 3.63) is 84.2 Å². The molecule has 2 N–H and O–H groups in total. The molecular weight excluding hydrogens is 340 g/mol. The number of aliphatic hydroxyl groups is 1. The van der Waals surface area contributed by atoms with Crippen molar-refractivity contribution in [2.45, 2.75) is 12.5 Å². The number of rotatable bonds is 7. The lowest BCUT2D eigenvalue weighted by Crippen LogP contribution is -2.29. The summed E-state index contributed by atoms with van der Waals surface area (Å²) in [6.45, 7) is -0.0247. The van der Waals surface area contributed by atoms with E-state index in [9.17, 15) is 9.90 Å². The molecule has 1 atom stereocenters. The first-order valence-electron chi connectivity index (χ1n) is 8.77. The smallest absolute Gasteiger partial charge is 0.251 e. The van der Waals surface area contributed by atoms with E-state index >= 15 is 0 Å². The lowest BCUT2D eigenvalue weighted by Gasteiger charge is -2.19. The molecule has 0 aliphatic rings. The van der Waals surface area contributed by atoms with Crippen molar-refractivity contribution < 1.29 is 14.6 Å². The quantitative estimate of drug-likeness (QED) is 0.673. The molecule has 0 aliphatic heterocycles. The lowest BCUT2D eigenvalue weighted by molar-refractivity contribution is 0.0930. The highest BCUT2D eigenvalue weighted by molar-refractivity contribution is 5.95. The normalized spacial score (nSPS) is 11.6. The summed E-state index contributed by atoms with van der Waals surface area (Å²) < 4.78 is 5.25. The molecule has 27 heavy (non-hydrogen) atoms. The number of benzene rings is 2. The van der Waals surface area contributed by atoms with Crippen LogP contribution in [0.15, 0.2) is 73.1 Å². The van der Waals surface area contributed by atoms with Gasteiger partial charge in [-0.2, -0.15) is 0 Å².